The summed E-state index contributed by atoms with van der Waals surface area (Å²) >= 11 is 0. The van der Waals surface area contributed by atoms with Crippen LogP contribution in [0.5, 0.6) is 0 Å². The van der Waals surface area contributed by atoms with Crippen molar-refractivity contribution in [2.45, 2.75) is 37.5 Å². The SMILES string of the molecule is OC1(c2cccc(C(F)(F)F)c2)C2CCCCC21. The Morgan fingerprint density at radius 2 is 1.72 bits per heavy atom. The van der Waals surface area contributed by atoms with E-state index in [4.69, 9.17) is 0 Å². The molecule has 1 aromatic carbocycles. The van der Waals surface area contributed by atoms with Crippen LogP contribution in [0.3, 0.4) is 0 Å². The third-order valence-corrected chi connectivity index (χ3v) is 4.44. The fourth-order valence-electron chi connectivity index (χ4n) is 3.47. The molecule has 0 saturated heterocycles. The highest BCUT2D eigenvalue weighted by molar-refractivity contribution is 5.36. The zero-order valence-corrected chi connectivity index (χ0v) is 9.87. The van der Waals surface area contributed by atoms with Crippen molar-refractivity contribution in [1.29, 1.82) is 0 Å². The van der Waals surface area contributed by atoms with Crippen LogP contribution in [0.4, 0.5) is 13.2 Å². The predicted octanol–water partition coefficient (Wildman–Crippen LogP) is 3.71. The lowest BCUT2D eigenvalue weighted by molar-refractivity contribution is -0.137. The highest BCUT2D eigenvalue weighted by atomic mass is 19.4. The van der Waals surface area contributed by atoms with Gasteiger partial charge in [-0.1, -0.05) is 25.0 Å². The molecule has 1 N–H and O–H groups in total. The van der Waals surface area contributed by atoms with Gasteiger partial charge in [-0.25, -0.2) is 0 Å². The summed E-state index contributed by atoms with van der Waals surface area (Å²) in [6.45, 7) is 0. The van der Waals surface area contributed by atoms with Gasteiger partial charge in [-0.3, -0.25) is 0 Å². The van der Waals surface area contributed by atoms with Gasteiger partial charge >= 0.3 is 6.18 Å². The molecule has 0 amide bonds. The summed E-state index contributed by atoms with van der Waals surface area (Å²) in [5.41, 5.74) is -1.23. The van der Waals surface area contributed by atoms with Crippen LogP contribution in [0.25, 0.3) is 0 Å². The summed E-state index contributed by atoms with van der Waals surface area (Å²) in [4.78, 5) is 0. The lowest BCUT2D eigenvalue weighted by Crippen LogP contribution is -2.13. The standard InChI is InChI=1S/C14H15F3O/c15-14(16,17)10-5-3-4-9(8-10)13(18)11-6-1-2-7-12(11)13/h3-5,8,11-12,18H,1-2,6-7H2. The number of aliphatic hydroxyl groups is 1. The quantitative estimate of drug-likeness (QED) is 0.812. The van der Waals surface area contributed by atoms with Crippen LogP contribution in [0.1, 0.15) is 36.8 Å². The first-order chi connectivity index (χ1) is 8.44. The molecule has 2 aliphatic rings. The average molecular weight is 256 g/mol. The first-order valence-corrected chi connectivity index (χ1v) is 6.34. The smallest absolute Gasteiger partial charge is 0.385 e. The number of benzene rings is 1. The van der Waals surface area contributed by atoms with Gasteiger partial charge in [0.15, 0.2) is 0 Å². The normalized spacial score (nSPS) is 35.1. The van der Waals surface area contributed by atoms with Gasteiger partial charge in [0.05, 0.1) is 11.2 Å². The number of rotatable bonds is 1. The molecule has 1 aromatic rings. The monoisotopic (exact) mass is 256 g/mol. The first-order valence-electron chi connectivity index (χ1n) is 6.34. The minimum absolute atomic E-state index is 0.162. The van der Waals surface area contributed by atoms with Crippen LogP contribution in [-0.4, -0.2) is 5.11 Å². The van der Waals surface area contributed by atoms with E-state index in [2.05, 4.69) is 0 Å². The second-order valence-electron chi connectivity index (χ2n) is 5.40. The molecule has 0 bridgehead atoms. The maximum absolute atomic E-state index is 12.7. The van der Waals surface area contributed by atoms with E-state index in [1.54, 1.807) is 6.07 Å². The van der Waals surface area contributed by atoms with Gasteiger partial charge in [0.2, 0.25) is 0 Å². The maximum atomic E-state index is 12.7. The lowest BCUT2D eigenvalue weighted by atomic mass is 10.0. The molecule has 0 spiro atoms. The summed E-state index contributed by atoms with van der Waals surface area (Å²) < 4.78 is 38.0. The number of fused-ring (bicyclic) bond motifs is 1. The number of alkyl halides is 3. The Kier molecular flexibility index (Phi) is 2.49. The van der Waals surface area contributed by atoms with Crippen LogP contribution < -0.4 is 0 Å². The molecular weight excluding hydrogens is 241 g/mol. The Bertz CT molecular complexity index is 454. The molecule has 0 aliphatic heterocycles. The third-order valence-electron chi connectivity index (χ3n) is 4.44. The molecule has 4 heteroatoms. The minimum atomic E-state index is -4.34. The zero-order chi connectivity index (χ0) is 13.0. The van der Waals surface area contributed by atoms with Crippen molar-refractivity contribution in [3.05, 3.63) is 35.4 Å². The van der Waals surface area contributed by atoms with Gasteiger partial charge in [0.1, 0.15) is 0 Å². The molecule has 98 valence electrons. The Morgan fingerprint density at radius 3 is 2.28 bits per heavy atom. The largest absolute Gasteiger partial charge is 0.416 e. The molecule has 2 fully saturated rings. The van der Waals surface area contributed by atoms with Crippen molar-refractivity contribution >= 4 is 0 Å². The summed E-state index contributed by atoms with van der Waals surface area (Å²) in [5, 5.41) is 10.6. The maximum Gasteiger partial charge on any atom is 0.416 e. The highest BCUT2D eigenvalue weighted by Crippen LogP contribution is 2.64. The van der Waals surface area contributed by atoms with E-state index in [0.717, 1.165) is 37.8 Å². The topological polar surface area (TPSA) is 20.2 Å². The van der Waals surface area contributed by atoms with Crippen LogP contribution in [0.15, 0.2) is 24.3 Å². The van der Waals surface area contributed by atoms with E-state index in [-0.39, 0.29) is 11.8 Å². The van der Waals surface area contributed by atoms with Crippen molar-refractivity contribution < 1.29 is 18.3 Å². The lowest BCUT2D eigenvalue weighted by Gasteiger charge is -2.14. The van der Waals surface area contributed by atoms with Crippen molar-refractivity contribution in [2.75, 3.05) is 0 Å². The van der Waals surface area contributed by atoms with Gasteiger partial charge in [-0.05, 0) is 42.4 Å². The van der Waals surface area contributed by atoms with E-state index in [1.807, 2.05) is 0 Å². The molecule has 18 heavy (non-hydrogen) atoms. The molecule has 0 aromatic heterocycles. The van der Waals surface area contributed by atoms with Crippen molar-refractivity contribution in [3.63, 3.8) is 0 Å². The summed E-state index contributed by atoms with van der Waals surface area (Å²) in [7, 11) is 0. The second kappa shape index (κ2) is 3.73. The van der Waals surface area contributed by atoms with Crippen LogP contribution in [0.2, 0.25) is 0 Å². The van der Waals surface area contributed by atoms with Crippen LogP contribution >= 0.6 is 0 Å². The Hall–Kier alpha value is -1.03. The Labute approximate surface area is 104 Å². The fourth-order valence-corrected chi connectivity index (χ4v) is 3.47. The summed E-state index contributed by atoms with van der Waals surface area (Å²) in [6, 6.07) is 5.17. The zero-order valence-electron chi connectivity index (χ0n) is 9.87. The van der Waals surface area contributed by atoms with Crippen molar-refractivity contribution in [1.82, 2.24) is 0 Å². The molecule has 3 rings (SSSR count). The molecule has 1 nitrogen and oxygen atoms in total. The van der Waals surface area contributed by atoms with Gasteiger partial charge < -0.3 is 5.11 Å². The molecule has 0 radical (unpaired) electrons. The number of hydrogen-bond donors (Lipinski definition) is 1. The van der Waals surface area contributed by atoms with E-state index >= 15 is 0 Å². The average Bonchev–Trinajstić information content (AvgIpc) is 2.97. The predicted molar refractivity (Wildman–Crippen MR) is 60.8 cm³/mol. The van der Waals surface area contributed by atoms with Gasteiger partial charge in [-0.15, -0.1) is 0 Å². The van der Waals surface area contributed by atoms with Gasteiger partial charge in [-0.2, -0.15) is 13.2 Å². The number of hydrogen-bond acceptors (Lipinski definition) is 1. The fraction of sp³-hybridized carbons (Fsp3) is 0.571. The van der Waals surface area contributed by atoms with Crippen LogP contribution in [0, 0.1) is 11.8 Å². The Balaban J connectivity index is 1.94. The molecule has 2 atom stereocenters. The molecular formula is C14H15F3O. The van der Waals surface area contributed by atoms with E-state index < -0.39 is 17.3 Å². The minimum Gasteiger partial charge on any atom is -0.385 e. The Morgan fingerprint density at radius 1 is 1.11 bits per heavy atom. The highest BCUT2D eigenvalue weighted by Gasteiger charge is 2.64. The van der Waals surface area contributed by atoms with E-state index in [9.17, 15) is 18.3 Å². The van der Waals surface area contributed by atoms with Crippen molar-refractivity contribution in [3.8, 4) is 0 Å². The van der Waals surface area contributed by atoms with E-state index in [1.165, 1.54) is 6.07 Å². The van der Waals surface area contributed by atoms with E-state index in [0.29, 0.717) is 5.56 Å². The first kappa shape index (κ1) is 12.0. The number of halogens is 3. The molecule has 0 heterocycles. The summed E-state index contributed by atoms with van der Waals surface area (Å²) in [5.74, 6) is 0.324. The third kappa shape index (κ3) is 1.66. The van der Waals surface area contributed by atoms with Gasteiger partial charge in [0.25, 0.3) is 0 Å². The van der Waals surface area contributed by atoms with Crippen molar-refractivity contribution in [2.24, 2.45) is 11.8 Å². The molecule has 2 unspecified atom stereocenters. The second-order valence-corrected chi connectivity index (χ2v) is 5.40. The summed E-state index contributed by atoms with van der Waals surface area (Å²) in [6.07, 6.45) is -0.341. The van der Waals surface area contributed by atoms with Gasteiger partial charge in [0, 0.05) is 0 Å². The molecule has 2 saturated carbocycles. The van der Waals surface area contributed by atoms with Crippen LogP contribution in [-0.2, 0) is 11.8 Å². The molecule has 2 aliphatic carbocycles.